The highest BCUT2D eigenvalue weighted by atomic mass is 19.1. The summed E-state index contributed by atoms with van der Waals surface area (Å²) in [6, 6.07) is 4.69. The van der Waals surface area contributed by atoms with Crippen LogP contribution in [0.4, 0.5) is 4.39 Å². The Balaban J connectivity index is 2.84. The standard InChI is InChI=1S/C14H21FO2/c1-4-6-13(17-5-2)14(16)11-7-8-12(15)10(3)9-11/h7-9,13-14,16H,4-6H2,1-3H3. The van der Waals surface area contributed by atoms with Gasteiger partial charge in [-0.2, -0.15) is 0 Å². The fourth-order valence-corrected chi connectivity index (χ4v) is 1.90. The first kappa shape index (κ1) is 14.1. The number of aryl methyl sites for hydroxylation is 1. The highest BCUT2D eigenvalue weighted by molar-refractivity contribution is 5.26. The highest BCUT2D eigenvalue weighted by Gasteiger charge is 2.20. The number of halogens is 1. The van der Waals surface area contributed by atoms with E-state index in [1.165, 1.54) is 6.07 Å². The quantitative estimate of drug-likeness (QED) is 0.826. The number of rotatable bonds is 6. The van der Waals surface area contributed by atoms with Crippen LogP contribution in [0.5, 0.6) is 0 Å². The van der Waals surface area contributed by atoms with Crippen LogP contribution in [0.3, 0.4) is 0 Å². The Morgan fingerprint density at radius 1 is 1.35 bits per heavy atom. The molecule has 0 aliphatic heterocycles. The third-order valence-corrected chi connectivity index (χ3v) is 2.83. The molecule has 2 atom stereocenters. The fourth-order valence-electron chi connectivity index (χ4n) is 1.90. The zero-order valence-electron chi connectivity index (χ0n) is 10.7. The number of aliphatic hydroxyl groups is 1. The molecule has 2 nitrogen and oxygen atoms in total. The average molecular weight is 240 g/mol. The molecule has 17 heavy (non-hydrogen) atoms. The van der Waals surface area contributed by atoms with E-state index in [-0.39, 0.29) is 11.9 Å². The van der Waals surface area contributed by atoms with Crippen molar-refractivity contribution in [3.63, 3.8) is 0 Å². The molecular weight excluding hydrogens is 219 g/mol. The molecule has 0 amide bonds. The summed E-state index contributed by atoms with van der Waals surface area (Å²) in [5.74, 6) is -0.246. The Bertz CT molecular complexity index is 346. The lowest BCUT2D eigenvalue weighted by Crippen LogP contribution is -2.22. The van der Waals surface area contributed by atoms with Crippen LogP contribution in [0.25, 0.3) is 0 Å². The Labute approximate surface area is 102 Å². The van der Waals surface area contributed by atoms with E-state index in [0.29, 0.717) is 12.2 Å². The van der Waals surface area contributed by atoms with Crippen LogP contribution in [0.2, 0.25) is 0 Å². The topological polar surface area (TPSA) is 29.5 Å². The van der Waals surface area contributed by atoms with Gasteiger partial charge >= 0.3 is 0 Å². The molecule has 0 bridgehead atoms. The van der Waals surface area contributed by atoms with Crippen molar-refractivity contribution in [1.82, 2.24) is 0 Å². The van der Waals surface area contributed by atoms with E-state index in [9.17, 15) is 9.50 Å². The molecule has 1 aromatic carbocycles. The first-order chi connectivity index (χ1) is 8.10. The van der Waals surface area contributed by atoms with Crippen molar-refractivity contribution in [2.75, 3.05) is 6.61 Å². The van der Waals surface area contributed by atoms with Crippen molar-refractivity contribution in [2.45, 2.75) is 45.8 Å². The van der Waals surface area contributed by atoms with Gasteiger partial charge in [0.2, 0.25) is 0 Å². The predicted molar refractivity (Wildman–Crippen MR) is 66.4 cm³/mol. The number of aliphatic hydroxyl groups excluding tert-OH is 1. The van der Waals surface area contributed by atoms with Crippen LogP contribution in [-0.4, -0.2) is 17.8 Å². The number of hydrogen-bond acceptors (Lipinski definition) is 2. The summed E-state index contributed by atoms with van der Waals surface area (Å²) in [4.78, 5) is 0. The van der Waals surface area contributed by atoms with Crippen molar-refractivity contribution >= 4 is 0 Å². The van der Waals surface area contributed by atoms with Gasteiger partial charge < -0.3 is 9.84 Å². The zero-order chi connectivity index (χ0) is 12.8. The maximum absolute atomic E-state index is 13.1. The Morgan fingerprint density at radius 2 is 2.06 bits per heavy atom. The molecule has 3 heteroatoms. The van der Waals surface area contributed by atoms with Crippen molar-refractivity contribution in [2.24, 2.45) is 0 Å². The first-order valence-electron chi connectivity index (χ1n) is 6.15. The summed E-state index contributed by atoms with van der Waals surface area (Å²) in [6.45, 7) is 6.23. The third kappa shape index (κ3) is 3.79. The lowest BCUT2D eigenvalue weighted by atomic mass is 9.99. The normalized spacial score (nSPS) is 14.6. The molecule has 0 radical (unpaired) electrons. The van der Waals surface area contributed by atoms with Crippen LogP contribution in [0, 0.1) is 12.7 Å². The van der Waals surface area contributed by atoms with Gasteiger partial charge in [-0.3, -0.25) is 0 Å². The van der Waals surface area contributed by atoms with E-state index in [4.69, 9.17) is 4.74 Å². The second kappa shape index (κ2) is 6.72. The molecule has 0 aliphatic carbocycles. The van der Waals surface area contributed by atoms with Gasteiger partial charge in [-0.25, -0.2) is 4.39 Å². The van der Waals surface area contributed by atoms with Gasteiger partial charge in [0.1, 0.15) is 11.9 Å². The highest BCUT2D eigenvalue weighted by Crippen LogP contribution is 2.24. The van der Waals surface area contributed by atoms with Crippen LogP contribution in [-0.2, 0) is 4.74 Å². The van der Waals surface area contributed by atoms with Crippen LogP contribution >= 0.6 is 0 Å². The first-order valence-corrected chi connectivity index (χ1v) is 6.15. The van der Waals surface area contributed by atoms with Gasteiger partial charge in [0.05, 0.1) is 6.10 Å². The summed E-state index contributed by atoms with van der Waals surface area (Å²) in [7, 11) is 0. The van der Waals surface area contributed by atoms with Gasteiger partial charge in [0.25, 0.3) is 0 Å². The van der Waals surface area contributed by atoms with Gasteiger partial charge in [-0.1, -0.05) is 25.5 Å². The molecule has 1 N–H and O–H groups in total. The second-order valence-electron chi connectivity index (χ2n) is 4.24. The third-order valence-electron chi connectivity index (χ3n) is 2.83. The maximum Gasteiger partial charge on any atom is 0.126 e. The largest absolute Gasteiger partial charge is 0.386 e. The molecule has 1 rings (SSSR count). The van der Waals surface area contributed by atoms with Crippen molar-refractivity contribution in [1.29, 1.82) is 0 Å². The molecule has 2 unspecified atom stereocenters. The number of ether oxygens (including phenoxy) is 1. The van der Waals surface area contributed by atoms with E-state index >= 15 is 0 Å². The SMILES string of the molecule is CCCC(OCC)C(O)c1ccc(F)c(C)c1. The smallest absolute Gasteiger partial charge is 0.126 e. The second-order valence-corrected chi connectivity index (χ2v) is 4.24. The van der Waals surface area contributed by atoms with Gasteiger partial charge in [0.15, 0.2) is 0 Å². The molecule has 0 aromatic heterocycles. The summed E-state index contributed by atoms with van der Waals surface area (Å²) in [5, 5.41) is 10.2. The minimum atomic E-state index is -0.686. The van der Waals surface area contributed by atoms with Crippen molar-refractivity contribution in [3.8, 4) is 0 Å². The maximum atomic E-state index is 13.1. The summed E-state index contributed by atoms with van der Waals surface area (Å²) < 4.78 is 18.7. The predicted octanol–water partition coefficient (Wildman–Crippen LogP) is 3.37. The number of hydrogen-bond donors (Lipinski definition) is 1. The van der Waals surface area contributed by atoms with Crippen molar-refractivity contribution < 1.29 is 14.2 Å². The Morgan fingerprint density at radius 3 is 2.59 bits per heavy atom. The molecular formula is C14H21FO2. The molecule has 1 aromatic rings. The van der Waals surface area contributed by atoms with Crippen LogP contribution in [0.1, 0.15) is 43.9 Å². The molecule has 96 valence electrons. The lowest BCUT2D eigenvalue weighted by molar-refractivity contribution is -0.0385. The Hall–Kier alpha value is -0.930. The minimum Gasteiger partial charge on any atom is -0.386 e. The number of benzene rings is 1. The average Bonchev–Trinajstić information content (AvgIpc) is 2.31. The molecule has 0 aliphatic rings. The van der Waals surface area contributed by atoms with Gasteiger partial charge in [0, 0.05) is 6.61 Å². The molecule has 0 saturated heterocycles. The molecule has 0 heterocycles. The van der Waals surface area contributed by atoms with Crippen molar-refractivity contribution in [3.05, 3.63) is 35.1 Å². The fraction of sp³-hybridized carbons (Fsp3) is 0.571. The van der Waals surface area contributed by atoms with Crippen LogP contribution in [0.15, 0.2) is 18.2 Å². The minimum absolute atomic E-state index is 0.213. The lowest BCUT2D eigenvalue weighted by Gasteiger charge is -2.23. The van der Waals surface area contributed by atoms with Gasteiger partial charge in [-0.05, 0) is 37.5 Å². The molecule has 0 saturated carbocycles. The summed E-state index contributed by atoms with van der Waals surface area (Å²) in [5.41, 5.74) is 1.27. The molecule has 0 fully saturated rings. The zero-order valence-corrected chi connectivity index (χ0v) is 10.7. The van der Waals surface area contributed by atoms with E-state index in [1.54, 1.807) is 19.1 Å². The van der Waals surface area contributed by atoms with E-state index < -0.39 is 6.10 Å². The van der Waals surface area contributed by atoms with E-state index in [2.05, 4.69) is 6.92 Å². The summed E-state index contributed by atoms with van der Waals surface area (Å²) in [6.07, 6.45) is 0.844. The van der Waals surface area contributed by atoms with Crippen LogP contribution < -0.4 is 0 Å². The van der Waals surface area contributed by atoms with E-state index in [1.807, 2.05) is 6.92 Å². The molecule has 0 spiro atoms. The van der Waals surface area contributed by atoms with E-state index in [0.717, 1.165) is 18.4 Å². The van der Waals surface area contributed by atoms with Gasteiger partial charge in [-0.15, -0.1) is 0 Å². The Kier molecular flexibility index (Phi) is 5.59. The monoisotopic (exact) mass is 240 g/mol. The summed E-state index contributed by atoms with van der Waals surface area (Å²) >= 11 is 0.